The van der Waals surface area contributed by atoms with Gasteiger partial charge in [0.1, 0.15) is 12.4 Å². The van der Waals surface area contributed by atoms with E-state index < -0.39 is 17.4 Å². The lowest BCUT2D eigenvalue weighted by Gasteiger charge is -2.70. The van der Waals surface area contributed by atoms with E-state index in [-0.39, 0.29) is 46.4 Å². The van der Waals surface area contributed by atoms with Crippen LogP contribution in [0.1, 0.15) is 86.5 Å². The van der Waals surface area contributed by atoms with Crippen LogP contribution in [0.4, 0.5) is 0 Å². The average molecular weight is 459 g/mol. The van der Waals surface area contributed by atoms with Crippen molar-refractivity contribution in [2.75, 3.05) is 6.61 Å². The molecule has 33 heavy (non-hydrogen) atoms. The van der Waals surface area contributed by atoms with Crippen LogP contribution in [0, 0.1) is 45.3 Å². The van der Waals surface area contributed by atoms with Crippen molar-refractivity contribution in [1.82, 2.24) is 0 Å². The van der Waals surface area contributed by atoms with Gasteiger partial charge in [0.05, 0.1) is 5.92 Å². The van der Waals surface area contributed by atoms with Gasteiger partial charge in [-0.25, -0.2) is 0 Å². The van der Waals surface area contributed by atoms with Crippen molar-refractivity contribution in [2.45, 2.75) is 92.6 Å². The van der Waals surface area contributed by atoms with E-state index in [9.17, 15) is 19.5 Å². The minimum Gasteiger partial charge on any atom is -0.462 e. The van der Waals surface area contributed by atoms with Crippen LogP contribution in [0.25, 0.3) is 0 Å². The van der Waals surface area contributed by atoms with Gasteiger partial charge in [-0.15, -0.1) is 0 Å². The first-order valence-electron chi connectivity index (χ1n) is 12.8. The van der Waals surface area contributed by atoms with E-state index >= 15 is 0 Å². The molecule has 3 fully saturated rings. The zero-order valence-corrected chi connectivity index (χ0v) is 21.3. The Morgan fingerprint density at radius 3 is 2.36 bits per heavy atom. The van der Waals surface area contributed by atoms with Crippen molar-refractivity contribution >= 4 is 18.0 Å². The van der Waals surface area contributed by atoms with E-state index in [1.165, 1.54) is 20.3 Å². The number of ether oxygens (including phenoxy) is 1. The maximum Gasteiger partial charge on any atom is 0.302 e. The van der Waals surface area contributed by atoms with Gasteiger partial charge in [0.15, 0.2) is 5.78 Å². The van der Waals surface area contributed by atoms with Gasteiger partial charge in [0.2, 0.25) is 0 Å². The van der Waals surface area contributed by atoms with Gasteiger partial charge in [-0.3, -0.25) is 9.59 Å². The number of aliphatic hydroxyl groups is 1. The smallest absolute Gasteiger partial charge is 0.302 e. The van der Waals surface area contributed by atoms with E-state index in [1.807, 2.05) is 6.08 Å². The molecule has 4 rings (SSSR count). The highest BCUT2D eigenvalue weighted by molar-refractivity contribution is 5.97. The molecule has 0 aromatic carbocycles. The van der Waals surface area contributed by atoms with E-state index in [0.29, 0.717) is 24.3 Å². The Hall–Kier alpha value is -1.49. The van der Waals surface area contributed by atoms with E-state index in [0.717, 1.165) is 32.0 Å². The predicted molar refractivity (Wildman–Crippen MR) is 126 cm³/mol. The number of carbonyl (C=O) groups is 3. The molecule has 4 aliphatic carbocycles. The summed E-state index contributed by atoms with van der Waals surface area (Å²) in [6.07, 6.45) is 9.17. The first kappa shape index (κ1) is 24.6. The lowest BCUT2D eigenvalue weighted by molar-refractivity contribution is -0.249. The SMILES string of the molecule is CC(=O)O[C@H]1CC2[C@@](C)(CCC3C(C)(C)CCC[C@@]32CO)C2CC=C(C(C)=O)[C@H](C=O)[C@]21C. The van der Waals surface area contributed by atoms with Crippen LogP contribution < -0.4 is 0 Å². The number of Topliss-reactive ketones (excluding diaryl/α,β-unsaturated/α-hetero) is 1. The van der Waals surface area contributed by atoms with Crippen molar-refractivity contribution in [3.05, 3.63) is 11.6 Å². The normalized spacial score (nSPS) is 46.2. The molecule has 0 aromatic rings. The number of esters is 1. The molecule has 5 heteroatoms. The topological polar surface area (TPSA) is 80.7 Å². The van der Waals surface area contributed by atoms with Gasteiger partial charge < -0.3 is 14.6 Å². The van der Waals surface area contributed by atoms with Crippen LogP contribution in [0.15, 0.2) is 11.6 Å². The van der Waals surface area contributed by atoms with Crippen LogP contribution in [-0.4, -0.2) is 35.9 Å². The molecule has 0 saturated heterocycles. The summed E-state index contributed by atoms with van der Waals surface area (Å²) in [4.78, 5) is 37.2. The molecule has 3 saturated carbocycles. The van der Waals surface area contributed by atoms with Crippen LogP contribution in [0.5, 0.6) is 0 Å². The minimum atomic E-state index is -0.637. The third-order valence-electron chi connectivity index (χ3n) is 11.0. The van der Waals surface area contributed by atoms with Crippen molar-refractivity contribution < 1.29 is 24.2 Å². The van der Waals surface area contributed by atoms with Gasteiger partial charge >= 0.3 is 5.97 Å². The van der Waals surface area contributed by atoms with Gasteiger partial charge in [-0.05, 0) is 74.0 Å². The van der Waals surface area contributed by atoms with Crippen molar-refractivity contribution in [3.63, 3.8) is 0 Å². The van der Waals surface area contributed by atoms with Crippen LogP contribution in [0.2, 0.25) is 0 Å². The summed E-state index contributed by atoms with van der Waals surface area (Å²) < 4.78 is 6.02. The highest BCUT2D eigenvalue weighted by Gasteiger charge is 2.70. The molecule has 8 atom stereocenters. The van der Waals surface area contributed by atoms with E-state index in [1.54, 1.807) is 0 Å². The van der Waals surface area contributed by atoms with Crippen molar-refractivity contribution in [1.29, 1.82) is 0 Å². The van der Waals surface area contributed by atoms with Crippen LogP contribution >= 0.6 is 0 Å². The number of hydrogen-bond acceptors (Lipinski definition) is 5. The predicted octanol–water partition coefficient (Wildman–Crippen LogP) is 4.90. The zero-order valence-electron chi connectivity index (χ0n) is 21.3. The Morgan fingerprint density at radius 1 is 1.09 bits per heavy atom. The summed E-state index contributed by atoms with van der Waals surface area (Å²) in [6.45, 7) is 12.2. The summed E-state index contributed by atoms with van der Waals surface area (Å²) in [7, 11) is 0. The number of ketones is 1. The maximum atomic E-state index is 12.5. The first-order chi connectivity index (χ1) is 15.4. The maximum absolute atomic E-state index is 12.5. The molecule has 0 spiro atoms. The highest BCUT2D eigenvalue weighted by atomic mass is 16.5. The Kier molecular flexibility index (Phi) is 6.00. The Balaban J connectivity index is 1.89. The Bertz CT molecular complexity index is 874. The molecule has 0 amide bonds. The largest absolute Gasteiger partial charge is 0.462 e. The number of carbonyl (C=O) groups excluding carboxylic acids is 3. The molecular weight excluding hydrogens is 416 g/mol. The van der Waals surface area contributed by atoms with Gasteiger partial charge in [0, 0.05) is 29.9 Å². The molecule has 0 aromatic heterocycles. The summed E-state index contributed by atoms with van der Waals surface area (Å²) in [5, 5.41) is 11.0. The zero-order chi connectivity index (χ0) is 24.4. The van der Waals surface area contributed by atoms with Crippen LogP contribution in [0.3, 0.4) is 0 Å². The van der Waals surface area contributed by atoms with Gasteiger partial charge in [-0.1, -0.05) is 40.2 Å². The van der Waals surface area contributed by atoms with Crippen molar-refractivity contribution in [2.24, 2.45) is 45.3 Å². The third kappa shape index (κ3) is 3.31. The summed E-state index contributed by atoms with van der Waals surface area (Å²) in [5.74, 6) is -0.276. The average Bonchev–Trinajstić information content (AvgIpc) is 2.73. The number of aldehydes is 1. The first-order valence-corrected chi connectivity index (χ1v) is 12.8. The monoisotopic (exact) mass is 458 g/mol. The standard InChI is InChI=1S/C28H42O5/c1-17(31)19-8-9-22-26(5)13-10-21-25(3,4)11-7-12-28(21,16-30)23(26)14-24(33-18(2)32)27(22,6)20(19)15-29/h8,15,20-24,30H,7,9-14,16H2,1-6H3/t20-,21?,22?,23?,24-,26-,27+,28+/m0/s1. The molecule has 0 heterocycles. The van der Waals surface area contributed by atoms with Gasteiger partial charge in [0.25, 0.3) is 0 Å². The fourth-order valence-corrected chi connectivity index (χ4v) is 9.61. The minimum absolute atomic E-state index is 0.0785. The summed E-state index contributed by atoms with van der Waals surface area (Å²) in [5.41, 5.74) is -0.206. The van der Waals surface area contributed by atoms with Crippen molar-refractivity contribution in [3.8, 4) is 0 Å². The third-order valence-corrected chi connectivity index (χ3v) is 11.0. The quantitative estimate of drug-likeness (QED) is 0.479. The number of hydrogen-bond donors (Lipinski definition) is 1. The van der Waals surface area contributed by atoms with E-state index in [2.05, 4.69) is 27.7 Å². The fraction of sp³-hybridized carbons (Fsp3) is 0.821. The second kappa shape index (κ2) is 8.03. The second-order valence-corrected chi connectivity index (χ2v) is 12.7. The number of allylic oxidation sites excluding steroid dienone is 2. The molecular formula is C28H42O5. The fourth-order valence-electron chi connectivity index (χ4n) is 9.61. The van der Waals surface area contributed by atoms with Crippen LogP contribution in [-0.2, 0) is 19.1 Å². The van der Waals surface area contributed by atoms with E-state index in [4.69, 9.17) is 4.74 Å². The number of fused-ring (bicyclic) bond motifs is 5. The number of aliphatic hydroxyl groups excluding tert-OH is 1. The molecule has 0 bridgehead atoms. The highest BCUT2D eigenvalue weighted by Crippen LogP contribution is 2.73. The Labute approximate surface area is 198 Å². The molecule has 3 unspecified atom stereocenters. The lowest BCUT2D eigenvalue weighted by atomic mass is 9.34. The molecule has 184 valence electrons. The molecule has 0 radical (unpaired) electrons. The molecule has 4 aliphatic rings. The molecule has 1 N–H and O–H groups in total. The second-order valence-electron chi connectivity index (χ2n) is 12.7. The lowest BCUT2D eigenvalue weighted by Crippen LogP contribution is -2.68. The molecule has 0 aliphatic heterocycles. The Morgan fingerprint density at radius 2 is 1.79 bits per heavy atom. The van der Waals surface area contributed by atoms with Gasteiger partial charge in [-0.2, -0.15) is 0 Å². The number of rotatable bonds is 4. The summed E-state index contributed by atoms with van der Waals surface area (Å²) >= 11 is 0. The molecule has 5 nitrogen and oxygen atoms in total. The summed E-state index contributed by atoms with van der Waals surface area (Å²) in [6, 6.07) is 0.